The summed E-state index contributed by atoms with van der Waals surface area (Å²) < 4.78 is 5.56. The van der Waals surface area contributed by atoms with E-state index in [1.54, 1.807) is 0 Å². The Morgan fingerprint density at radius 3 is 2.75 bits per heavy atom. The van der Waals surface area contributed by atoms with Crippen LogP contribution in [0.1, 0.15) is 38.0 Å². The highest BCUT2D eigenvalue weighted by molar-refractivity contribution is 5.80. The number of carbonyl (C=O) groups is 1. The molecule has 1 N–H and O–H groups in total. The predicted molar refractivity (Wildman–Crippen MR) is 78.6 cm³/mol. The highest BCUT2D eigenvalue weighted by Crippen LogP contribution is 2.23. The Hall–Kier alpha value is -1.97. The molecule has 0 spiro atoms. The summed E-state index contributed by atoms with van der Waals surface area (Å²) in [5, 5.41) is 1.14. The zero-order valence-electron chi connectivity index (χ0n) is 11.8. The first kappa shape index (κ1) is 13.0. The number of hydrogen-bond donors (Lipinski definition) is 1. The molecule has 0 bridgehead atoms. The van der Waals surface area contributed by atoms with Crippen LogP contribution in [-0.2, 0) is 4.74 Å². The van der Waals surface area contributed by atoms with Crippen LogP contribution in [0.5, 0.6) is 0 Å². The number of nitrogens with one attached hydrogen (secondary N) is 1. The number of carbonyl (C=O) groups excluding carboxylic acids is 1. The number of piperidine rings is 1. The zero-order chi connectivity index (χ0) is 13.9. The first-order valence-electron chi connectivity index (χ1n) is 7.27. The van der Waals surface area contributed by atoms with Crippen LogP contribution in [0.3, 0.4) is 0 Å². The molecule has 1 saturated heterocycles. The molecule has 1 amide bonds. The summed E-state index contributed by atoms with van der Waals surface area (Å²) in [4.78, 5) is 17.2. The van der Waals surface area contributed by atoms with Crippen molar-refractivity contribution in [3.8, 4) is 0 Å². The van der Waals surface area contributed by atoms with Gasteiger partial charge in [-0.2, -0.15) is 0 Å². The van der Waals surface area contributed by atoms with Gasteiger partial charge in [-0.05, 0) is 43.7 Å². The number of benzene rings is 1. The molecule has 4 heteroatoms. The maximum absolute atomic E-state index is 12.1. The van der Waals surface area contributed by atoms with Gasteiger partial charge in [0.1, 0.15) is 6.10 Å². The van der Waals surface area contributed by atoms with Crippen molar-refractivity contribution in [1.29, 1.82) is 0 Å². The molecule has 106 valence electrons. The second-order valence-corrected chi connectivity index (χ2v) is 5.39. The lowest BCUT2D eigenvalue weighted by Gasteiger charge is -2.27. The molecule has 1 aliphatic rings. The molecule has 1 fully saturated rings. The average molecular weight is 272 g/mol. The molecule has 0 aliphatic carbocycles. The third-order valence-electron chi connectivity index (χ3n) is 3.88. The molecule has 1 atom stereocenters. The van der Waals surface area contributed by atoms with Gasteiger partial charge in [-0.25, -0.2) is 4.79 Å². The molecule has 3 rings (SSSR count). The van der Waals surface area contributed by atoms with Gasteiger partial charge in [-0.3, -0.25) is 0 Å². The number of rotatable bonds is 2. The predicted octanol–water partition coefficient (Wildman–Crippen LogP) is 3.85. The third kappa shape index (κ3) is 2.64. The monoisotopic (exact) mass is 272 g/mol. The Balaban J connectivity index is 1.68. The molecular weight excluding hydrogens is 252 g/mol. The molecule has 1 unspecified atom stereocenters. The average Bonchev–Trinajstić information content (AvgIpc) is 2.92. The summed E-state index contributed by atoms with van der Waals surface area (Å²) >= 11 is 0. The highest BCUT2D eigenvalue weighted by Gasteiger charge is 2.21. The Kier molecular flexibility index (Phi) is 3.63. The SMILES string of the molecule is CC(OC(=O)N1CCCCC1)c1cc2ccccc2[nH]1. The summed E-state index contributed by atoms with van der Waals surface area (Å²) in [7, 11) is 0. The lowest BCUT2D eigenvalue weighted by molar-refractivity contribution is 0.0630. The molecule has 1 aromatic carbocycles. The van der Waals surface area contributed by atoms with Gasteiger partial charge in [-0.15, -0.1) is 0 Å². The number of amides is 1. The fraction of sp³-hybridized carbons (Fsp3) is 0.438. The number of aromatic amines is 1. The van der Waals surface area contributed by atoms with E-state index in [2.05, 4.69) is 11.1 Å². The molecule has 0 saturated carbocycles. The van der Waals surface area contributed by atoms with E-state index in [-0.39, 0.29) is 12.2 Å². The van der Waals surface area contributed by atoms with Gasteiger partial charge in [0.15, 0.2) is 0 Å². The Morgan fingerprint density at radius 2 is 2.00 bits per heavy atom. The minimum Gasteiger partial charge on any atom is -0.440 e. The second kappa shape index (κ2) is 5.57. The fourth-order valence-corrected chi connectivity index (χ4v) is 2.68. The van der Waals surface area contributed by atoms with E-state index in [0.29, 0.717) is 0 Å². The number of hydrogen-bond acceptors (Lipinski definition) is 2. The summed E-state index contributed by atoms with van der Waals surface area (Å²) in [6.45, 7) is 3.54. The summed E-state index contributed by atoms with van der Waals surface area (Å²) in [6, 6.07) is 10.1. The smallest absolute Gasteiger partial charge is 0.410 e. The zero-order valence-corrected chi connectivity index (χ0v) is 11.8. The van der Waals surface area contributed by atoms with Crippen molar-refractivity contribution >= 4 is 17.0 Å². The topological polar surface area (TPSA) is 45.3 Å². The van der Waals surface area contributed by atoms with Crippen LogP contribution in [0.2, 0.25) is 0 Å². The van der Waals surface area contributed by atoms with Crippen LogP contribution in [0, 0.1) is 0 Å². The lowest BCUT2D eigenvalue weighted by Crippen LogP contribution is -2.36. The van der Waals surface area contributed by atoms with Gasteiger partial charge >= 0.3 is 6.09 Å². The molecule has 20 heavy (non-hydrogen) atoms. The van der Waals surface area contributed by atoms with Crippen molar-refractivity contribution in [2.45, 2.75) is 32.3 Å². The van der Waals surface area contributed by atoms with Crippen LogP contribution in [0.4, 0.5) is 4.79 Å². The van der Waals surface area contributed by atoms with Crippen LogP contribution in [0.25, 0.3) is 10.9 Å². The van der Waals surface area contributed by atoms with Gasteiger partial charge in [-0.1, -0.05) is 18.2 Å². The number of fused-ring (bicyclic) bond motifs is 1. The fourth-order valence-electron chi connectivity index (χ4n) is 2.68. The first-order valence-corrected chi connectivity index (χ1v) is 7.27. The lowest BCUT2D eigenvalue weighted by atomic mass is 10.1. The van der Waals surface area contributed by atoms with Crippen molar-refractivity contribution in [3.63, 3.8) is 0 Å². The number of ether oxygens (including phenoxy) is 1. The Labute approximate surface area is 118 Å². The molecule has 0 radical (unpaired) electrons. The maximum Gasteiger partial charge on any atom is 0.410 e. The number of likely N-dealkylation sites (tertiary alicyclic amines) is 1. The van der Waals surface area contributed by atoms with Crippen molar-refractivity contribution in [2.24, 2.45) is 0 Å². The van der Waals surface area contributed by atoms with E-state index in [1.165, 1.54) is 6.42 Å². The van der Waals surface area contributed by atoms with Crippen molar-refractivity contribution in [3.05, 3.63) is 36.0 Å². The first-order chi connectivity index (χ1) is 9.74. The van der Waals surface area contributed by atoms with Crippen LogP contribution < -0.4 is 0 Å². The van der Waals surface area contributed by atoms with Crippen LogP contribution >= 0.6 is 0 Å². The number of aromatic nitrogens is 1. The van der Waals surface area contributed by atoms with Gasteiger partial charge < -0.3 is 14.6 Å². The third-order valence-corrected chi connectivity index (χ3v) is 3.88. The Bertz CT molecular complexity index is 566. The van der Waals surface area contributed by atoms with E-state index in [0.717, 1.165) is 42.5 Å². The van der Waals surface area contributed by atoms with E-state index in [9.17, 15) is 4.79 Å². The summed E-state index contributed by atoms with van der Waals surface area (Å²) in [5.74, 6) is 0. The quantitative estimate of drug-likeness (QED) is 0.902. The largest absolute Gasteiger partial charge is 0.440 e. The second-order valence-electron chi connectivity index (χ2n) is 5.39. The molecule has 4 nitrogen and oxygen atoms in total. The van der Waals surface area contributed by atoms with E-state index >= 15 is 0 Å². The molecule has 1 aromatic heterocycles. The summed E-state index contributed by atoms with van der Waals surface area (Å²) in [6.07, 6.45) is 2.92. The van der Waals surface area contributed by atoms with Crippen LogP contribution in [0.15, 0.2) is 30.3 Å². The number of para-hydroxylation sites is 1. The van der Waals surface area contributed by atoms with E-state index in [4.69, 9.17) is 4.74 Å². The molecule has 2 heterocycles. The van der Waals surface area contributed by atoms with E-state index < -0.39 is 0 Å². The van der Waals surface area contributed by atoms with Gasteiger partial charge in [0.2, 0.25) is 0 Å². The molecule has 1 aliphatic heterocycles. The highest BCUT2D eigenvalue weighted by atomic mass is 16.6. The number of H-pyrrole nitrogens is 1. The molecular formula is C16H20N2O2. The molecule has 2 aromatic rings. The van der Waals surface area contributed by atoms with Crippen molar-refractivity contribution < 1.29 is 9.53 Å². The van der Waals surface area contributed by atoms with Gasteiger partial charge in [0.05, 0.1) is 5.69 Å². The standard InChI is InChI=1S/C16H20N2O2/c1-12(20-16(19)18-9-5-2-6-10-18)15-11-13-7-3-4-8-14(13)17-15/h3-4,7-8,11-12,17H,2,5-6,9-10H2,1H3. The minimum atomic E-state index is -0.253. The van der Waals surface area contributed by atoms with Crippen molar-refractivity contribution in [1.82, 2.24) is 9.88 Å². The summed E-state index contributed by atoms with van der Waals surface area (Å²) in [5.41, 5.74) is 2.01. The van der Waals surface area contributed by atoms with E-state index in [1.807, 2.05) is 36.1 Å². The normalized spacial score (nSPS) is 17.1. The Morgan fingerprint density at radius 1 is 1.25 bits per heavy atom. The van der Waals surface area contributed by atoms with Gasteiger partial charge in [0.25, 0.3) is 0 Å². The maximum atomic E-state index is 12.1. The van der Waals surface area contributed by atoms with Gasteiger partial charge in [0, 0.05) is 18.6 Å². The number of nitrogens with zero attached hydrogens (tertiary/aromatic N) is 1. The van der Waals surface area contributed by atoms with Crippen molar-refractivity contribution in [2.75, 3.05) is 13.1 Å². The minimum absolute atomic E-state index is 0.198. The van der Waals surface area contributed by atoms with Crippen LogP contribution in [-0.4, -0.2) is 29.1 Å².